The normalized spacial score (nSPS) is 13.8. The third-order valence-corrected chi connectivity index (χ3v) is 2.79. The lowest BCUT2D eigenvalue weighted by Crippen LogP contribution is -2.46. The molecule has 0 saturated heterocycles. The average Bonchev–Trinajstić information content (AvgIpc) is 2.29. The van der Waals surface area contributed by atoms with Crippen molar-refractivity contribution in [2.45, 2.75) is 25.4 Å². The number of benzene rings is 1. The number of carboxylic acid groups (broad SMARTS) is 1. The molecule has 92 valence electrons. The van der Waals surface area contributed by atoms with Crippen molar-refractivity contribution in [3.8, 4) is 0 Å². The van der Waals surface area contributed by atoms with E-state index >= 15 is 0 Å². The van der Waals surface area contributed by atoms with E-state index in [1.165, 1.54) is 6.92 Å². The van der Waals surface area contributed by atoms with E-state index in [0.717, 1.165) is 5.56 Å². The lowest BCUT2D eigenvalue weighted by atomic mass is 10.1. The van der Waals surface area contributed by atoms with Gasteiger partial charge in [-0.1, -0.05) is 42.5 Å². The van der Waals surface area contributed by atoms with Crippen molar-refractivity contribution in [1.82, 2.24) is 5.32 Å². The number of carbonyl (C=O) groups is 1. The van der Waals surface area contributed by atoms with E-state index in [2.05, 4.69) is 5.32 Å². The molecule has 0 saturated carbocycles. The predicted molar refractivity (Wildman–Crippen MR) is 71.0 cm³/mol. The lowest BCUT2D eigenvalue weighted by Gasteiger charge is -2.17. The number of nitrogens with two attached hydrogens (primary N) is 1. The smallest absolute Gasteiger partial charge is 0.325 e. The van der Waals surface area contributed by atoms with Gasteiger partial charge in [-0.3, -0.25) is 4.79 Å². The molecule has 4 N–H and O–H groups in total. The maximum Gasteiger partial charge on any atom is 0.325 e. The summed E-state index contributed by atoms with van der Waals surface area (Å²) in [5.74, 6) is -0.945. The highest BCUT2D eigenvalue weighted by molar-refractivity contribution is 7.80. The van der Waals surface area contributed by atoms with Crippen molar-refractivity contribution in [3.63, 3.8) is 0 Å². The number of carboxylic acids is 1. The average molecular weight is 252 g/mol. The van der Waals surface area contributed by atoms with Crippen molar-refractivity contribution in [3.05, 3.63) is 35.9 Å². The molecule has 0 aliphatic heterocycles. The number of hydrogen-bond donors (Lipinski definition) is 3. The summed E-state index contributed by atoms with van der Waals surface area (Å²) in [6.45, 7) is 1.53. The molecule has 1 aromatic carbocycles. The number of rotatable bonds is 5. The predicted octanol–water partition coefficient (Wildman–Crippen LogP) is 0.946. The van der Waals surface area contributed by atoms with Gasteiger partial charge in [-0.15, -0.1) is 0 Å². The van der Waals surface area contributed by atoms with E-state index in [-0.39, 0.29) is 6.04 Å². The topological polar surface area (TPSA) is 75.3 Å². The molecule has 0 heterocycles. The second-order valence-electron chi connectivity index (χ2n) is 3.86. The van der Waals surface area contributed by atoms with Crippen LogP contribution >= 0.6 is 12.2 Å². The van der Waals surface area contributed by atoms with Gasteiger partial charge in [-0.05, 0) is 18.9 Å². The highest BCUT2D eigenvalue weighted by Crippen LogP contribution is 2.02. The summed E-state index contributed by atoms with van der Waals surface area (Å²) in [5, 5.41) is 11.4. The number of thiocarbonyl (C=S) groups is 1. The van der Waals surface area contributed by atoms with Crippen molar-refractivity contribution in [1.29, 1.82) is 0 Å². The van der Waals surface area contributed by atoms with Crippen LogP contribution in [0.1, 0.15) is 12.5 Å². The van der Waals surface area contributed by atoms with Gasteiger partial charge in [0.1, 0.15) is 6.04 Å². The lowest BCUT2D eigenvalue weighted by molar-refractivity contribution is -0.138. The summed E-state index contributed by atoms with van der Waals surface area (Å²) in [5.41, 5.74) is 6.98. The molecule has 2 atom stereocenters. The van der Waals surface area contributed by atoms with E-state index in [1.807, 2.05) is 30.3 Å². The van der Waals surface area contributed by atoms with Crippen molar-refractivity contribution in [2.24, 2.45) is 5.73 Å². The Balaban J connectivity index is 2.50. The minimum atomic E-state index is -0.945. The highest BCUT2D eigenvalue weighted by Gasteiger charge is 2.16. The Hall–Kier alpha value is -1.46. The van der Waals surface area contributed by atoms with Crippen LogP contribution in [0, 0.1) is 0 Å². The monoisotopic (exact) mass is 252 g/mol. The van der Waals surface area contributed by atoms with Crippen LogP contribution < -0.4 is 11.1 Å². The molecular formula is C12H16N2O2S. The first-order valence-corrected chi connectivity index (χ1v) is 5.74. The Morgan fingerprint density at radius 1 is 1.47 bits per heavy atom. The fourth-order valence-corrected chi connectivity index (χ4v) is 1.60. The first-order valence-electron chi connectivity index (χ1n) is 5.33. The molecule has 5 heteroatoms. The largest absolute Gasteiger partial charge is 0.480 e. The fourth-order valence-electron chi connectivity index (χ4n) is 1.34. The van der Waals surface area contributed by atoms with E-state index in [4.69, 9.17) is 23.1 Å². The SMILES string of the molecule is CC(NC(=S)C(N)Cc1ccccc1)C(=O)O. The first-order chi connectivity index (χ1) is 8.00. The molecule has 0 spiro atoms. The van der Waals surface area contributed by atoms with E-state index in [9.17, 15) is 4.79 Å². The Morgan fingerprint density at radius 2 is 2.06 bits per heavy atom. The maximum atomic E-state index is 10.7. The molecule has 17 heavy (non-hydrogen) atoms. The van der Waals surface area contributed by atoms with Gasteiger partial charge in [0.25, 0.3) is 0 Å². The summed E-state index contributed by atoms with van der Waals surface area (Å²) in [7, 11) is 0. The first kappa shape index (κ1) is 13.6. The van der Waals surface area contributed by atoms with Crippen LogP contribution in [0.4, 0.5) is 0 Å². The van der Waals surface area contributed by atoms with Crippen molar-refractivity contribution >= 4 is 23.2 Å². The molecule has 1 rings (SSSR count). The standard InChI is InChI=1S/C12H16N2O2S/c1-8(12(15)16)14-11(17)10(13)7-9-5-3-2-4-6-9/h2-6,8,10H,7,13H2,1H3,(H,14,17)(H,15,16). The van der Waals surface area contributed by atoms with Gasteiger partial charge in [-0.2, -0.15) is 0 Å². The second kappa shape index (κ2) is 6.32. The van der Waals surface area contributed by atoms with Crippen molar-refractivity contribution in [2.75, 3.05) is 0 Å². The molecular weight excluding hydrogens is 236 g/mol. The third-order valence-electron chi connectivity index (χ3n) is 2.36. The van der Waals surface area contributed by atoms with Crippen LogP contribution in [0.3, 0.4) is 0 Å². The van der Waals surface area contributed by atoms with Gasteiger partial charge in [0.05, 0.1) is 11.0 Å². The second-order valence-corrected chi connectivity index (χ2v) is 4.30. The third kappa shape index (κ3) is 4.50. The van der Waals surface area contributed by atoms with E-state index in [0.29, 0.717) is 11.4 Å². The molecule has 4 nitrogen and oxygen atoms in total. The van der Waals surface area contributed by atoms with Gasteiger partial charge in [-0.25, -0.2) is 0 Å². The molecule has 0 bridgehead atoms. The number of nitrogens with one attached hydrogen (secondary N) is 1. The summed E-state index contributed by atoms with van der Waals surface area (Å²) < 4.78 is 0. The van der Waals surface area contributed by atoms with Crippen LogP contribution in [0.25, 0.3) is 0 Å². The molecule has 0 aromatic heterocycles. The van der Waals surface area contributed by atoms with Crippen LogP contribution in [0.5, 0.6) is 0 Å². The molecule has 0 aliphatic carbocycles. The minimum absolute atomic E-state index is 0.366. The summed E-state index contributed by atoms with van der Waals surface area (Å²) in [6.07, 6.45) is 0.596. The zero-order valence-electron chi connectivity index (χ0n) is 9.59. The molecule has 0 fully saturated rings. The Bertz CT molecular complexity index is 395. The Labute approximate surface area is 106 Å². The Morgan fingerprint density at radius 3 is 2.59 bits per heavy atom. The van der Waals surface area contributed by atoms with Crippen LogP contribution in [-0.4, -0.2) is 28.1 Å². The number of hydrogen-bond acceptors (Lipinski definition) is 3. The minimum Gasteiger partial charge on any atom is -0.480 e. The zero-order valence-corrected chi connectivity index (χ0v) is 10.4. The highest BCUT2D eigenvalue weighted by atomic mass is 32.1. The molecule has 0 amide bonds. The van der Waals surface area contributed by atoms with Gasteiger partial charge in [0.15, 0.2) is 0 Å². The van der Waals surface area contributed by atoms with Gasteiger partial charge in [0, 0.05) is 0 Å². The molecule has 1 aromatic rings. The molecule has 0 aliphatic rings. The maximum absolute atomic E-state index is 10.7. The van der Waals surface area contributed by atoms with Gasteiger partial charge >= 0.3 is 5.97 Å². The van der Waals surface area contributed by atoms with Crippen LogP contribution in [0.15, 0.2) is 30.3 Å². The van der Waals surface area contributed by atoms with Crippen LogP contribution in [-0.2, 0) is 11.2 Å². The quantitative estimate of drug-likeness (QED) is 0.680. The van der Waals surface area contributed by atoms with Gasteiger partial charge in [0.2, 0.25) is 0 Å². The number of aliphatic carboxylic acids is 1. The zero-order chi connectivity index (χ0) is 12.8. The Kier molecular flexibility index (Phi) is 5.06. The summed E-state index contributed by atoms with van der Waals surface area (Å²) in [4.78, 5) is 11.0. The molecule has 0 radical (unpaired) electrons. The van der Waals surface area contributed by atoms with E-state index in [1.54, 1.807) is 0 Å². The fraction of sp³-hybridized carbons (Fsp3) is 0.333. The summed E-state index contributed by atoms with van der Waals surface area (Å²) in [6, 6.07) is 8.62. The van der Waals surface area contributed by atoms with Gasteiger partial charge < -0.3 is 16.2 Å². The van der Waals surface area contributed by atoms with Crippen LogP contribution in [0.2, 0.25) is 0 Å². The molecule has 2 unspecified atom stereocenters. The van der Waals surface area contributed by atoms with E-state index < -0.39 is 12.0 Å². The van der Waals surface area contributed by atoms with Crippen molar-refractivity contribution < 1.29 is 9.90 Å². The summed E-state index contributed by atoms with van der Waals surface area (Å²) >= 11 is 5.07.